The van der Waals surface area contributed by atoms with Crippen LogP contribution in [0.2, 0.25) is 0 Å². The fourth-order valence-electron chi connectivity index (χ4n) is 3.97. The van der Waals surface area contributed by atoms with Gasteiger partial charge in [-0.25, -0.2) is 0 Å². The summed E-state index contributed by atoms with van der Waals surface area (Å²) in [7, 11) is 3.18. The van der Waals surface area contributed by atoms with Crippen molar-refractivity contribution < 1.29 is 23.8 Å². The Morgan fingerprint density at radius 2 is 1.87 bits per heavy atom. The van der Waals surface area contributed by atoms with E-state index in [1.807, 2.05) is 42.5 Å². The highest BCUT2D eigenvalue weighted by atomic mass is 16.5. The van der Waals surface area contributed by atoms with Gasteiger partial charge in [-0.15, -0.1) is 6.58 Å². The average Bonchev–Trinajstić information content (AvgIpc) is 3.01. The third kappa shape index (κ3) is 3.54. The molecular formula is C24H27NO5. The summed E-state index contributed by atoms with van der Waals surface area (Å²) in [6.07, 6.45) is 2.38. The lowest BCUT2D eigenvalue weighted by Crippen LogP contribution is -2.47. The fourth-order valence-corrected chi connectivity index (χ4v) is 3.97. The molecule has 0 spiro atoms. The average molecular weight is 409 g/mol. The molecule has 0 N–H and O–H groups in total. The van der Waals surface area contributed by atoms with Crippen molar-refractivity contribution in [2.24, 2.45) is 0 Å². The standard InChI is InChI=1S/C24H27NO5/c1-5-14-24(23(27)30-6-2)18-9-7-8-10-19(18)25(22(24)26)15-13-17-11-12-20(28-3)21(16-17)29-4/h5,7-12,16H,1,6,13-15H2,2-4H3/t24-/m1/s1. The van der Waals surface area contributed by atoms with Gasteiger partial charge in [-0.3, -0.25) is 9.59 Å². The molecule has 0 aliphatic carbocycles. The van der Waals surface area contributed by atoms with Crippen molar-refractivity contribution in [1.82, 2.24) is 0 Å². The molecule has 2 aromatic carbocycles. The number of hydrogen-bond donors (Lipinski definition) is 0. The van der Waals surface area contributed by atoms with Crippen LogP contribution in [-0.2, 0) is 26.2 Å². The Labute approximate surface area is 177 Å². The maximum Gasteiger partial charge on any atom is 0.326 e. The van der Waals surface area contributed by atoms with Crippen molar-refractivity contribution in [3.8, 4) is 11.5 Å². The molecule has 0 unspecified atom stereocenters. The zero-order chi connectivity index (χ0) is 21.7. The molecule has 6 heteroatoms. The summed E-state index contributed by atoms with van der Waals surface area (Å²) in [5.74, 6) is 0.477. The molecule has 0 aromatic heterocycles. The smallest absolute Gasteiger partial charge is 0.326 e. The van der Waals surface area contributed by atoms with Gasteiger partial charge < -0.3 is 19.1 Å². The van der Waals surface area contributed by atoms with Crippen LogP contribution in [0.5, 0.6) is 11.5 Å². The van der Waals surface area contributed by atoms with Crippen molar-refractivity contribution in [3.05, 3.63) is 66.2 Å². The first-order valence-corrected chi connectivity index (χ1v) is 9.94. The first kappa shape index (κ1) is 21.4. The number of benzene rings is 2. The number of para-hydroxylation sites is 1. The van der Waals surface area contributed by atoms with Crippen LogP contribution in [0.1, 0.15) is 24.5 Å². The van der Waals surface area contributed by atoms with Gasteiger partial charge in [0.1, 0.15) is 0 Å². The molecule has 1 aliphatic rings. The minimum Gasteiger partial charge on any atom is -0.493 e. The lowest BCUT2D eigenvalue weighted by atomic mass is 9.78. The zero-order valence-corrected chi connectivity index (χ0v) is 17.6. The molecule has 6 nitrogen and oxygen atoms in total. The summed E-state index contributed by atoms with van der Waals surface area (Å²) in [4.78, 5) is 28.2. The van der Waals surface area contributed by atoms with Crippen LogP contribution in [0.15, 0.2) is 55.1 Å². The van der Waals surface area contributed by atoms with Crippen molar-refractivity contribution in [2.45, 2.75) is 25.2 Å². The van der Waals surface area contributed by atoms with E-state index < -0.39 is 11.4 Å². The van der Waals surface area contributed by atoms with E-state index in [1.54, 1.807) is 32.1 Å². The number of rotatable bonds is 9. The van der Waals surface area contributed by atoms with Crippen molar-refractivity contribution in [3.63, 3.8) is 0 Å². The number of carbonyl (C=O) groups is 2. The van der Waals surface area contributed by atoms with E-state index in [0.29, 0.717) is 30.0 Å². The van der Waals surface area contributed by atoms with Gasteiger partial charge >= 0.3 is 5.97 Å². The third-order valence-electron chi connectivity index (χ3n) is 5.41. The normalized spacial score (nSPS) is 17.4. The highest BCUT2D eigenvalue weighted by Crippen LogP contribution is 2.45. The minimum atomic E-state index is -1.38. The van der Waals surface area contributed by atoms with E-state index in [9.17, 15) is 9.59 Å². The molecule has 0 saturated heterocycles. The number of allylic oxidation sites excluding steroid dienone is 1. The Hall–Kier alpha value is -3.28. The van der Waals surface area contributed by atoms with Crippen molar-refractivity contribution in [2.75, 3.05) is 32.3 Å². The Morgan fingerprint density at radius 1 is 1.13 bits per heavy atom. The number of nitrogens with zero attached hydrogens (tertiary/aromatic N) is 1. The summed E-state index contributed by atoms with van der Waals surface area (Å²) in [5.41, 5.74) is 1.01. The lowest BCUT2D eigenvalue weighted by Gasteiger charge is -2.25. The molecule has 2 aromatic rings. The van der Waals surface area contributed by atoms with Crippen molar-refractivity contribution in [1.29, 1.82) is 0 Å². The molecule has 0 bridgehead atoms. The first-order valence-electron chi connectivity index (χ1n) is 9.94. The predicted molar refractivity (Wildman–Crippen MR) is 115 cm³/mol. The Kier molecular flexibility index (Phi) is 6.45. The fraction of sp³-hybridized carbons (Fsp3) is 0.333. The third-order valence-corrected chi connectivity index (χ3v) is 5.41. The van der Waals surface area contributed by atoms with E-state index in [4.69, 9.17) is 14.2 Å². The molecule has 0 saturated carbocycles. The number of anilines is 1. The van der Waals surface area contributed by atoms with Gasteiger partial charge in [-0.2, -0.15) is 0 Å². The van der Waals surface area contributed by atoms with E-state index in [2.05, 4.69) is 6.58 Å². The molecule has 3 rings (SSSR count). The SMILES string of the molecule is C=CC[C@]1(C(=O)OCC)C(=O)N(CCc2ccc(OC)c(OC)c2)c2ccccc21. The highest BCUT2D eigenvalue weighted by molar-refractivity contribution is 6.20. The molecule has 1 heterocycles. The number of amides is 1. The van der Waals surface area contributed by atoms with Crippen LogP contribution in [-0.4, -0.2) is 39.2 Å². The number of methoxy groups -OCH3 is 2. The van der Waals surface area contributed by atoms with E-state index >= 15 is 0 Å². The predicted octanol–water partition coefficient (Wildman–Crippen LogP) is 3.67. The second-order valence-corrected chi connectivity index (χ2v) is 7.03. The summed E-state index contributed by atoms with van der Waals surface area (Å²) >= 11 is 0. The zero-order valence-electron chi connectivity index (χ0n) is 17.6. The van der Waals surface area contributed by atoms with E-state index in [-0.39, 0.29) is 18.9 Å². The summed E-state index contributed by atoms with van der Waals surface area (Å²) in [6, 6.07) is 13.1. The van der Waals surface area contributed by atoms with E-state index in [1.165, 1.54) is 0 Å². The maximum atomic E-state index is 13.6. The summed E-state index contributed by atoms with van der Waals surface area (Å²) in [6.45, 7) is 6.13. The quantitative estimate of drug-likeness (QED) is 0.359. The maximum absolute atomic E-state index is 13.6. The number of carbonyl (C=O) groups excluding carboxylic acids is 2. The molecule has 1 amide bonds. The highest BCUT2D eigenvalue weighted by Gasteiger charge is 2.56. The molecule has 0 radical (unpaired) electrons. The number of fused-ring (bicyclic) bond motifs is 1. The molecule has 30 heavy (non-hydrogen) atoms. The second kappa shape index (κ2) is 9.03. The van der Waals surface area contributed by atoms with Crippen LogP contribution in [0.4, 0.5) is 5.69 Å². The number of hydrogen-bond acceptors (Lipinski definition) is 5. The first-order chi connectivity index (χ1) is 14.5. The molecular weight excluding hydrogens is 382 g/mol. The topological polar surface area (TPSA) is 65.1 Å². The molecule has 0 fully saturated rings. The Bertz CT molecular complexity index is 954. The van der Waals surface area contributed by atoms with Gasteiger partial charge in [0.25, 0.3) is 0 Å². The van der Waals surface area contributed by atoms with Crippen LogP contribution in [0.3, 0.4) is 0 Å². The van der Waals surface area contributed by atoms with Crippen molar-refractivity contribution >= 4 is 17.6 Å². The van der Waals surface area contributed by atoms with Gasteiger partial charge in [0.05, 0.1) is 20.8 Å². The van der Waals surface area contributed by atoms with E-state index in [0.717, 1.165) is 11.3 Å². The largest absolute Gasteiger partial charge is 0.493 e. The number of esters is 1. The van der Waals surface area contributed by atoms with Gasteiger partial charge in [-0.1, -0.05) is 30.3 Å². The molecule has 1 atom stereocenters. The second-order valence-electron chi connectivity index (χ2n) is 7.03. The minimum absolute atomic E-state index is 0.189. The van der Waals surface area contributed by atoms with Crippen LogP contribution in [0, 0.1) is 0 Å². The lowest BCUT2D eigenvalue weighted by molar-refractivity contribution is -0.153. The molecule has 158 valence electrons. The van der Waals surface area contributed by atoms with Gasteiger partial charge in [0.2, 0.25) is 5.91 Å². The van der Waals surface area contributed by atoms with Crippen LogP contribution in [0.25, 0.3) is 0 Å². The monoisotopic (exact) mass is 409 g/mol. The molecule has 1 aliphatic heterocycles. The van der Waals surface area contributed by atoms with Gasteiger partial charge in [-0.05, 0) is 43.5 Å². The van der Waals surface area contributed by atoms with Gasteiger partial charge in [0, 0.05) is 17.8 Å². The summed E-state index contributed by atoms with van der Waals surface area (Å²) < 4.78 is 16.0. The van der Waals surface area contributed by atoms with Gasteiger partial charge in [0.15, 0.2) is 16.9 Å². The van der Waals surface area contributed by atoms with Crippen LogP contribution >= 0.6 is 0 Å². The summed E-state index contributed by atoms with van der Waals surface area (Å²) in [5, 5.41) is 0. The van der Waals surface area contributed by atoms with Crippen LogP contribution < -0.4 is 14.4 Å². The number of ether oxygens (including phenoxy) is 3. The Balaban J connectivity index is 1.94. The Morgan fingerprint density at radius 3 is 2.53 bits per heavy atom.